The SMILES string of the molecule is C=CCC[n+]1ccc(SCC(=O)O[C@@H]2C[C@@](C)(C=C)[C@@H](O)[C@H](C)[C@]34CCC(=O)[C@H]3[C@@]2(C)[C@H](C)CC4)cc1.[I-]. The minimum atomic E-state index is -0.649. The molecule has 2 bridgehead atoms. The number of aryl methyl sites for hydroxylation is 1. The van der Waals surface area contributed by atoms with Gasteiger partial charge in [-0.05, 0) is 42.9 Å². The summed E-state index contributed by atoms with van der Waals surface area (Å²) in [6.45, 7) is 17.3. The summed E-state index contributed by atoms with van der Waals surface area (Å²) in [5.41, 5.74) is -1.35. The van der Waals surface area contributed by atoms with Gasteiger partial charge in [-0.3, -0.25) is 9.59 Å². The molecule has 1 aromatic rings. The van der Waals surface area contributed by atoms with Gasteiger partial charge in [-0.15, -0.1) is 24.9 Å². The van der Waals surface area contributed by atoms with Gasteiger partial charge in [0.25, 0.3) is 0 Å². The molecule has 3 aliphatic carbocycles. The Hall–Kier alpha value is -1.19. The van der Waals surface area contributed by atoms with Gasteiger partial charge in [0.15, 0.2) is 18.9 Å². The number of ether oxygens (including phenoxy) is 1. The molecule has 4 rings (SSSR count). The van der Waals surface area contributed by atoms with E-state index < -0.39 is 23.0 Å². The third-order valence-corrected chi connectivity index (χ3v) is 11.4. The molecular weight excluding hydrogens is 609 g/mol. The lowest BCUT2D eigenvalue weighted by molar-refractivity contribution is -0.696. The highest BCUT2D eigenvalue weighted by Gasteiger charge is 2.68. The largest absolute Gasteiger partial charge is 1.00 e. The number of carbonyl (C=O) groups is 2. The number of hydrogen-bond donors (Lipinski definition) is 1. The summed E-state index contributed by atoms with van der Waals surface area (Å²) in [5.74, 6) is 0.203. The fraction of sp³-hybridized carbons (Fsp3) is 0.645. The van der Waals surface area contributed by atoms with Crippen LogP contribution in [0.4, 0.5) is 0 Å². The van der Waals surface area contributed by atoms with E-state index in [1.54, 1.807) is 0 Å². The second kappa shape index (κ2) is 12.1. The number of halogens is 1. The molecule has 0 aromatic carbocycles. The number of allylic oxidation sites excluding steroid dienone is 1. The molecule has 0 aliphatic heterocycles. The Morgan fingerprint density at radius 1 is 1.24 bits per heavy atom. The van der Waals surface area contributed by atoms with Crippen molar-refractivity contribution in [2.45, 2.75) is 89.9 Å². The number of carbonyl (C=O) groups excluding carboxylic acids is 2. The van der Waals surface area contributed by atoms with E-state index in [-0.39, 0.29) is 64.7 Å². The van der Waals surface area contributed by atoms with Crippen LogP contribution in [0.5, 0.6) is 0 Å². The summed E-state index contributed by atoms with van der Waals surface area (Å²) in [6, 6.07) is 4.03. The van der Waals surface area contributed by atoms with Gasteiger partial charge in [-0.25, -0.2) is 4.57 Å². The number of hydrogen-bond acceptors (Lipinski definition) is 5. The van der Waals surface area contributed by atoms with Crippen molar-refractivity contribution in [3.8, 4) is 0 Å². The van der Waals surface area contributed by atoms with E-state index in [9.17, 15) is 14.7 Å². The van der Waals surface area contributed by atoms with Crippen LogP contribution in [-0.2, 0) is 20.9 Å². The third kappa shape index (κ3) is 5.40. The van der Waals surface area contributed by atoms with Crippen molar-refractivity contribution < 1.29 is 48.0 Å². The number of pyridine rings is 1. The number of Topliss-reactive ketones (excluding diaryl/α,β-unsaturated/α-hetero) is 1. The van der Waals surface area contributed by atoms with Crippen molar-refractivity contribution in [3.05, 3.63) is 49.8 Å². The molecule has 3 saturated carbocycles. The molecule has 7 heteroatoms. The topological polar surface area (TPSA) is 67.5 Å². The second-order valence-electron chi connectivity index (χ2n) is 12.2. The first-order valence-electron chi connectivity index (χ1n) is 13.8. The molecule has 1 heterocycles. The predicted octanol–water partition coefficient (Wildman–Crippen LogP) is 2.55. The van der Waals surface area contributed by atoms with Crippen LogP contribution in [0.25, 0.3) is 0 Å². The van der Waals surface area contributed by atoms with Gasteiger partial charge in [0.2, 0.25) is 0 Å². The molecule has 38 heavy (non-hydrogen) atoms. The van der Waals surface area contributed by atoms with Gasteiger partial charge < -0.3 is 33.8 Å². The molecule has 0 radical (unpaired) electrons. The first-order chi connectivity index (χ1) is 17.5. The van der Waals surface area contributed by atoms with E-state index in [2.05, 4.69) is 38.5 Å². The Balaban J connectivity index is 0.00000400. The van der Waals surface area contributed by atoms with E-state index in [1.807, 2.05) is 43.6 Å². The Morgan fingerprint density at radius 3 is 2.55 bits per heavy atom. The molecule has 0 saturated heterocycles. The van der Waals surface area contributed by atoms with Gasteiger partial charge >= 0.3 is 5.97 Å². The molecule has 8 atom stereocenters. The zero-order valence-corrected chi connectivity index (χ0v) is 26.3. The maximum absolute atomic E-state index is 13.5. The van der Waals surface area contributed by atoms with Crippen LogP contribution in [0.2, 0.25) is 0 Å². The monoisotopic (exact) mass is 653 g/mol. The lowest BCUT2D eigenvalue weighted by Crippen LogP contribution is -3.00. The average molecular weight is 654 g/mol. The minimum absolute atomic E-state index is 0. The second-order valence-corrected chi connectivity index (χ2v) is 13.3. The number of esters is 1. The Bertz CT molecular complexity index is 1050. The molecule has 1 N–H and O–H groups in total. The highest BCUT2D eigenvalue weighted by atomic mass is 127. The third-order valence-electron chi connectivity index (χ3n) is 10.4. The molecule has 0 spiro atoms. The van der Waals surface area contributed by atoms with Crippen molar-refractivity contribution in [2.24, 2.45) is 34.0 Å². The van der Waals surface area contributed by atoms with Crippen LogP contribution in [0.1, 0.15) is 66.2 Å². The molecule has 210 valence electrons. The lowest BCUT2D eigenvalue weighted by atomic mass is 9.44. The number of ketones is 1. The van der Waals surface area contributed by atoms with E-state index in [0.29, 0.717) is 12.8 Å². The molecule has 0 unspecified atom stereocenters. The van der Waals surface area contributed by atoms with Crippen molar-refractivity contribution >= 4 is 23.5 Å². The first-order valence-corrected chi connectivity index (χ1v) is 14.8. The highest BCUT2D eigenvalue weighted by Crippen LogP contribution is 2.68. The zero-order valence-electron chi connectivity index (χ0n) is 23.3. The van der Waals surface area contributed by atoms with E-state index in [1.165, 1.54) is 11.8 Å². The fourth-order valence-electron chi connectivity index (χ4n) is 7.77. The molecule has 0 amide bonds. The molecule has 1 aromatic heterocycles. The van der Waals surface area contributed by atoms with E-state index >= 15 is 0 Å². The zero-order chi connectivity index (χ0) is 27.0. The van der Waals surface area contributed by atoms with Crippen LogP contribution in [0.15, 0.2) is 54.7 Å². The van der Waals surface area contributed by atoms with Crippen molar-refractivity contribution in [1.82, 2.24) is 0 Å². The summed E-state index contributed by atoms with van der Waals surface area (Å²) in [4.78, 5) is 27.8. The summed E-state index contributed by atoms with van der Waals surface area (Å²) < 4.78 is 8.43. The van der Waals surface area contributed by atoms with Gasteiger partial charge in [0, 0.05) is 46.6 Å². The first kappa shape index (κ1) is 31.3. The minimum Gasteiger partial charge on any atom is -1.00 e. The normalized spacial score (nSPS) is 38.2. The number of nitrogens with zero attached hydrogens (tertiary/aromatic N) is 1. The maximum Gasteiger partial charge on any atom is 0.316 e. The predicted molar refractivity (Wildman–Crippen MR) is 147 cm³/mol. The Kier molecular flexibility index (Phi) is 10.0. The van der Waals surface area contributed by atoms with Crippen LogP contribution < -0.4 is 28.5 Å². The van der Waals surface area contributed by atoms with Crippen LogP contribution in [0, 0.1) is 34.0 Å². The smallest absolute Gasteiger partial charge is 0.316 e. The number of thioether (sulfide) groups is 1. The number of aromatic nitrogens is 1. The summed E-state index contributed by atoms with van der Waals surface area (Å²) in [6.07, 6.45) is 11.3. The van der Waals surface area contributed by atoms with Gasteiger partial charge in [-0.1, -0.05) is 39.8 Å². The summed E-state index contributed by atoms with van der Waals surface area (Å²) in [5, 5.41) is 11.6. The standard InChI is InChI=1S/C31H44NO4S.HI/c1-7-9-16-32-17-12-23(13-18-32)37-20-26(34)36-25-19-29(5,8-2)28(35)22(4)31-14-10-21(3)30(25,6)27(31)24(33)11-15-31;/h7-8,12-13,17-18,21-22,25,27-28,35H,1-2,9-11,14-16,19-20H2,3-6H3;1H/q+1;/p-1/t21-,22+,25-,27+,28+,29-,30+,31+;/m1./s1. The Labute approximate surface area is 249 Å². The summed E-state index contributed by atoms with van der Waals surface area (Å²) in [7, 11) is 0. The van der Waals surface area contributed by atoms with Crippen molar-refractivity contribution in [2.75, 3.05) is 5.75 Å². The maximum atomic E-state index is 13.5. The Morgan fingerprint density at radius 2 is 1.92 bits per heavy atom. The average Bonchev–Trinajstić information content (AvgIpc) is 3.25. The fourth-order valence-corrected chi connectivity index (χ4v) is 8.43. The van der Waals surface area contributed by atoms with E-state index in [4.69, 9.17) is 4.74 Å². The molecule has 3 fully saturated rings. The highest BCUT2D eigenvalue weighted by molar-refractivity contribution is 8.00. The van der Waals surface area contributed by atoms with Crippen molar-refractivity contribution in [3.63, 3.8) is 0 Å². The molecule has 3 aliphatic rings. The summed E-state index contributed by atoms with van der Waals surface area (Å²) >= 11 is 1.46. The van der Waals surface area contributed by atoms with Crippen molar-refractivity contribution in [1.29, 1.82) is 0 Å². The number of rotatable bonds is 8. The van der Waals surface area contributed by atoms with Gasteiger partial charge in [-0.2, -0.15) is 0 Å². The van der Waals surface area contributed by atoms with Crippen LogP contribution >= 0.6 is 11.8 Å². The quantitative estimate of drug-likeness (QED) is 0.154. The molecule has 5 nitrogen and oxygen atoms in total. The van der Waals surface area contributed by atoms with Gasteiger partial charge in [0.05, 0.1) is 11.9 Å². The van der Waals surface area contributed by atoms with Crippen LogP contribution in [0.3, 0.4) is 0 Å². The lowest BCUT2D eigenvalue weighted by Gasteiger charge is -2.61. The number of aliphatic hydroxyl groups excluding tert-OH is 1. The number of aliphatic hydroxyl groups is 1. The van der Waals surface area contributed by atoms with Crippen LogP contribution in [-0.4, -0.2) is 34.8 Å². The van der Waals surface area contributed by atoms with E-state index in [0.717, 1.165) is 37.1 Å². The van der Waals surface area contributed by atoms with Gasteiger partial charge in [0.1, 0.15) is 11.9 Å². The molecular formula is C31H44INO4S.